The van der Waals surface area contributed by atoms with Crippen LogP contribution in [0.15, 0.2) is 24.3 Å². The maximum absolute atomic E-state index is 12.0. The zero-order valence-corrected chi connectivity index (χ0v) is 11.3. The van der Waals surface area contributed by atoms with Crippen LogP contribution in [0.25, 0.3) is 0 Å². The first kappa shape index (κ1) is 14.5. The number of nitrogens with one attached hydrogen (secondary N) is 1. The van der Waals surface area contributed by atoms with E-state index in [2.05, 4.69) is 5.32 Å². The highest BCUT2D eigenvalue weighted by Crippen LogP contribution is 2.24. The predicted molar refractivity (Wildman–Crippen MR) is 74.9 cm³/mol. The number of amides is 1. The second kappa shape index (κ2) is 6.52. The van der Waals surface area contributed by atoms with Crippen LogP contribution in [0.2, 0.25) is 0 Å². The first-order chi connectivity index (χ1) is 9.56. The molecule has 2 atom stereocenters. The van der Waals surface area contributed by atoms with Crippen LogP contribution in [0.3, 0.4) is 0 Å². The van der Waals surface area contributed by atoms with Gasteiger partial charge in [-0.2, -0.15) is 0 Å². The van der Waals surface area contributed by atoms with Gasteiger partial charge in [0.25, 0.3) is 0 Å². The largest absolute Gasteiger partial charge is 0.481 e. The smallest absolute Gasteiger partial charge is 0.307 e. The lowest BCUT2D eigenvalue weighted by atomic mass is 10.0. The van der Waals surface area contributed by atoms with Crippen LogP contribution in [0.1, 0.15) is 30.4 Å². The summed E-state index contributed by atoms with van der Waals surface area (Å²) in [4.78, 5) is 22.8. The summed E-state index contributed by atoms with van der Waals surface area (Å²) in [6, 6.07) is 7.41. The zero-order chi connectivity index (χ0) is 14.5. The van der Waals surface area contributed by atoms with Gasteiger partial charge >= 0.3 is 5.97 Å². The van der Waals surface area contributed by atoms with E-state index in [0.29, 0.717) is 6.54 Å². The van der Waals surface area contributed by atoms with Crippen LogP contribution in [0.5, 0.6) is 0 Å². The van der Waals surface area contributed by atoms with Crippen molar-refractivity contribution in [2.45, 2.75) is 38.3 Å². The molecule has 0 radical (unpaired) electrons. The van der Waals surface area contributed by atoms with E-state index in [1.807, 2.05) is 12.1 Å². The molecule has 1 saturated carbocycles. The fraction of sp³-hybridized carbons (Fsp3) is 0.467. The Kier molecular flexibility index (Phi) is 4.74. The minimum atomic E-state index is -0.870. The molecular weight excluding hydrogens is 256 g/mol. The fourth-order valence-corrected chi connectivity index (χ4v) is 2.65. The number of hydrogen-bond donors (Lipinski definition) is 3. The molecule has 5 nitrogen and oxygen atoms in total. The van der Waals surface area contributed by atoms with Crippen LogP contribution >= 0.6 is 0 Å². The van der Waals surface area contributed by atoms with E-state index in [-0.39, 0.29) is 24.3 Å². The molecule has 1 aliphatic rings. The third-order valence-corrected chi connectivity index (χ3v) is 3.76. The number of aliphatic carboxylic acids is 1. The molecule has 2 unspecified atom stereocenters. The Hall–Kier alpha value is -1.88. The van der Waals surface area contributed by atoms with Crippen molar-refractivity contribution in [1.82, 2.24) is 5.32 Å². The summed E-state index contributed by atoms with van der Waals surface area (Å²) in [7, 11) is 0. The van der Waals surface area contributed by atoms with E-state index in [0.717, 1.165) is 30.4 Å². The minimum Gasteiger partial charge on any atom is -0.481 e. The van der Waals surface area contributed by atoms with Gasteiger partial charge < -0.3 is 16.2 Å². The topological polar surface area (TPSA) is 92.4 Å². The maximum Gasteiger partial charge on any atom is 0.307 e. The number of carbonyl (C=O) groups is 2. The summed E-state index contributed by atoms with van der Waals surface area (Å²) < 4.78 is 0. The highest BCUT2D eigenvalue weighted by atomic mass is 16.4. The SMILES string of the molecule is NC1CCC(C(=O)NCc2ccccc2CC(=O)O)C1. The minimum absolute atomic E-state index is 0.00311. The maximum atomic E-state index is 12.0. The molecule has 0 aromatic heterocycles. The molecule has 0 spiro atoms. The van der Waals surface area contributed by atoms with Gasteiger partial charge in [0, 0.05) is 18.5 Å². The van der Waals surface area contributed by atoms with Crippen molar-refractivity contribution in [3.63, 3.8) is 0 Å². The summed E-state index contributed by atoms with van der Waals surface area (Å²) in [5.41, 5.74) is 7.40. The van der Waals surface area contributed by atoms with Crippen LogP contribution in [-0.4, -0.2) is 23.0 Å². The molecule has 0 bridgehead atoms. The Morgan fingerprint density at radius 1 is 1.25 bits per heavy atom. The van der Waals surface area contributed by atoms with Crippen molar-refractivity contribution in [2.24, 2.45) is 11.7 Å². The van der Waals surface area contributed by atoms with Gasteiger partial charge in [-0.1, -0.05) is 24.3 Å². The molecule has 1 aromatic carbocycles. The second-order valence-electron chi connectivity index (χ2n) is 5.33. The molecule has 1 aliphatic carbocycles. The number of benzene rings is 1. The normalized spacial score (nSPS) is 21.6. The summed E-state index contributed by atoms with van der Waals surface area (Å²) >= 11 is 0. The molecule has 2 rings (SSSR count). The van der Waals surface area contributed by atoms with Crippen molar-refractivity contribution in [3.8, 4) is 0 Å². The summed E-state index contributed by atoms with van der Waals surface area (Å²) in [6.45, 7) is 0.369. The van der Waals surface area contributed by atoms with E-state index in [9.17, 15) is 9.59 Å². The first-order valence-electron chi connectivity index (χ1n) is 6.88. The van der Waals surface area contributed by atoms with Crippen molar-refractivity contribution in [3.05, 3.63) is 35.4 Å². The number of carbonyl (C=O) groups excluding carboxylic acids is 1. The second-order valence-corrected chi connectivity index (χ2v) is 5.33. The van der Waals surface area contributed by atoms with Crippen LogP contribution in [0.4, 0.5) is 0 Å². The monoisotopic (exact) mass is 276 g/mol. The lowest BCUT2D eigenvalue weighted by Crippen LogP contribution is -2.30. The van der Waals surface area contributed by atoms with Gasteiger partial charge in [0.05, 0.1) is 6.42 Å². The Bertz CT molecular complexity index is 502. The van der Waals surface area contributed by atoms with Gasteiger partial charge in [-0.25, -0.2) is 0 Å². The zero-order valence-electron chi connectivity index (χ0n) is 11.3. The number of hydrogen-bond acceptors (Lipinski definition) is 3. The molecule has 108 valence electrons. The number of carboxylic acids is 1. The molecule has 0 saturated heterocycles. The van der Waals surface area contributed by atoms with Crippen molar-refractivity contribution < 1.29 is 14.7 Å². The van der Waals surface area contributed by atoms with Crippen molar-refractivity contribution >= 4 is 11.9 Å². The Labute approximate surface area is 118 Å². The summed E-state index contributed by atoms with van der Waals surface area (Å²) in [5.74, 6) is -0.856. The number of rotatable bonds is 5. The molecule has 4 N–H and O–H groups in total. The van der Waals surface area contributed by atoms with Gasteiger partial charge in [-0.3, -0.25) is 9.59 Å². The number of carboxylic acid groups (broad SMARTS) is 1. The van der Waals surface area contributed by atoms with Gasteiger partial charge in [-0.05, 0) is 30.4 Å². The average molecular weight is 276 g/mol. The molecular formula is C15H20N2O3. The van der Waals surface area contributed by atoms with Gasteiger partial charge in [0.2, 0.25) is 5.91 Å². The highest BCUT2D eigenvalue weighted by molar-refractivity contribution is 5.79. The molecule has 1 aromatic rings. The standard InChI is InChI=1S/C15H20N2O3/c16-13-6-5-11(7-13)15(20)17-9-12-4-2-1-3-10(12)8-14(18)19/h1-4,11,13H,5-9,16H2,(H,17,20)(H,18,19). The van der Waals surface area contributed by atoms with Crippen molar-refractivity contribution in [2.75, 3.05) is 0 Å². The van der Waals surface area contributed by atoms with E-state index >= 15 is 0 Å². The lowest BCUT2D eigenvalue weighted by molar-refractivity contribution is -0.136. The molecule has 5 heteroatoms. The van der Waals surface area contributed by atoms with Gasteiger partial charge in [0.15, 0.2) is 0 Å². The third-order valence-electron chi connectivity index (χ3n) is 3.76. The number of nitrogens with two attached hydrogens (primary N) is 1. The van der Waals surface area contributed by atoms with Crippen LogP contribution in [0, 0.1) is 5.92 Å². The van der Waals surface area contributed by atoms with Crippen LogP contribution in [-0.2, 0) is 22.6 Å². The first-order valence-corrected chi connectivity index (χ1v) is 6.88. The van der Waals surface area contributed by atoms with Crippen LogP contribution < -0.4 is 11.1 Å². The highest BCUT2D eigenvalue weighted by Gasteiger charge is 2.27. The molecule has 20 heavy (non-hydrogen) atoms. The fourth-order valence-electron chi connectivity index (χ4n) is 2.65. The van der Waals surface area contributed by atoms with E-state index in [1.54, 1.807) is 12.1 Å². The Morgan fingerprint density at radius 2 is 1.95 bits per heavy atom. The summed E-state index contributed by atoms with van der Waals surface area (Å²) in [6.07, 6.45) is 2.44. The lowest BCUT2D eigenvalue weighted by Gasteiger charge is -2.12. The van der Waals surface area contributed by atoms with E-state index in [1.165, 1.54) is 0 Å². The molecule has 1 fully saturated rings. The molecule has 1 amide bonds. The third kappa shape index (κ3) is 3.81. The average Bonchev–Trinajstić information content (AvgIpc) is 2.83. The van der Waals surface area contributed by atoms with E-state index in [4.69, 9.17) is 10.8 Å². The predicted octanol–water partition coefficient (Wildman–Crippen LogP) is 1.06. The quantitative estimate of drug-likeness (QED) is 0.749. The van der Waals surface area contributed by atoms with Gasteiger partial charge in [-0.15, -0.1) is 0 Å². The Balaban J connectivity index is 1.93. The van der Waals surface area contributed by atoms with Crippen molar-refractivity contribution in [1.29, 1.82) is 0 Å². The van der Waals surface area contributed by atoms with E-state index < -0.39 is 5.97 Å². The molecule has 0 heterocycles. The van der Waals surface area contributed by atoms with Gasteiger partial charge in [0.1, 0.15) is 0 Å². The summed E-state index contributed by atoms with van der Waals surface area (Å²) in [5, 5.41) is 11.8. The Morgan fingerprint density at radius 3 is 2.55 bits per heavy atom. The molecule has 0 aliphatic heterocycles.